The number of thioether (sulfide) groups is 1. The molecule has 1 aromatic heterocycles. The van der Waals surface area contributed by atoms with Crippen LogP contribution >= 0.6 is 23.1 Å². The predicted molar refractivity (Wildman–Crippen MR) is 80.7 cm³/mol. The van der Waals surface area contributed by atoms with Gasteiger partial charge in [0.05, 0.1) is 11.3 Å². The summed E-state index contributed by atoms with van der Waals surface area (Å²) in [4.78, 5) is 14.7. The molecule has 1 aromatic carbocycles. The first-order valence-corrected chi connectivity index (χ1v) is 8.08. The highest BCUT2D eigenvalue weighted by molar-refractivity contribution is 8.01. The molecule has 2 nitrogen and oxygen atoms in total. The van der Waals surface area contributed by atoms with Crippen LogP contribution in [0.5, 0.6) is 0 Å². The van der Waals surface area contributed by atoms with Crippen LogP contribution in [0.2, 0.25) is 0 Å². The van der Waals surface area contributed by atoms with Gasteiger partial charge in [-0.3, -0.25) is 4.79 Å². The first kappa shape index (κ1) is 12.8. The summed E-state index contributed by atoms with van der Waals surface area (Å²) >= 11 is 3.36. The fourth-order valence-corrected chi connectivity index (χ4v) is 4.18. The van der Waals surface area contributed by atoms with E-state index in [-0.39, 0.29) is 17.2 Å². The Morgan fingerprint density at radius 2 is 2.16 bits per heavy atom. The average Bonchev–Trinajstić information content (AvgIpc) is 3.07. The molecule has 0 unspecified atom stereocenters. The smallest absolute Gasteiger partial charge is 0.234 e. The quantitative estimate of drug-likeness (QED) is 0.934. The van der Waals surface area contributed by atoms with Crippen LogP contribution in [-0.2, 0) is 11.2 Å². The first-order valence-electron chi connectivity index (χ1n) is 6.32. The zero-order valence-electron chi connectivity index (χ0n) is 10.6. The van der Waals surface area contributed by atoms with Crippen molar-refractivity contribution in [2.45, 2.75) is 29.5 Å². The Bertz CT molecular complexity index is 555. The zero-order valence-corrected chi connectivity index (χ0v) is 12.3. The number of hydrogen-bond donors (Lipinski definition) is 1. The van der Waals surface area contributed by atoms with Crippen molar-refractivity contribution in [1.29, 1.82) is 0 Å². The van der Waals surface area contributed by atoms with Gasteiger partial charge in [0.15, 0.2) is 0 Å². The van der Waals surface area contributed by atoms with Gasteiger partial charge >= 0.3 is 0 Å². The fraction of sp³-hybridized carbons (Fsp3) is 0.267. The molecule has 19 heavy (non-hydrogen) atoms. The molecule has 0 spiro atoms. The third kappa shape index (κ3) is 2.69. The van der Waals surface area contributed by atoms with E-state index < -0.39 is 0 Å². The number of rotatable bonds is 3. The van der Waals surface area contributed by atoms with E-state index in [4.69, 9.17) is 0 Å². The molecule has 3 rings (SSSR count). The van der Waals surface area contributed by atoms with E-state index in [1.807, 2.05) is 30.5 Å². The third-order valence-electron chi connectivity index (χ3n) is 3.27. The van der Waals surface area contributed by atoms with Crippen LogP contribution in [0.25, 0.3) is 0 Å². The number of amides is 1. The molecule has 1 aliphatic heterocycles. The molecule has 0 aliphatic carbocycles. The summed E-state index contributed by atoms with van der Waals surface area (Å²) in [5, 5.41) is 5.16. The van der Waals surface area contributed by atoms with E-state index >= 15 is 0 Å². The van der Waals surface area contributed by atoms with Gasteiger partial charge < -0.3 is 5.32 Å². The highest BCUT2D eigenvalue weighted by Gasteiger charge is 2.28. The lowest BCUT2D eigenvalue weighted by Gasteiger charge is -2.15. The van der Waals surface area contributed by atoms with Gasteiger partial charge in [0.25, 0.3) is 0 Å². The lowest BCUT2D eigenvalue weighted by Crippen LogP contribution is -2.34. The summed E-state index contributed by atoms with van der Waals surface area (Å²) in [5.41, 5.74) is 1.29. The normalized spacial score (nSPS) is 18.9. The Labute approximate surface area is 121 Å². The third-order valence-corrected chi connectivity index (χ3v) is 5.64. The van der Waals surface area contributed by atoms with E-state index in [1.54, 1.807) is 23.1 Å². The molecule has 0 saturated carbocycles. The van der Waals surface area contributed by atoms with Gasteiger partial charge in [-0.25, -0.2) is 0 Å². The van der Waals surface area contributed by atoms with E-state index in [0.29, 0.717) is 0 Å². The number of benzene rings is 1. The minimum Gasteiger partial charge on any atom is -0.348 e. The maximum Gasteiger partial charge on any atom is 0.234 e. The van der Waals surface area contributed by atoms with Crippen LogP contribution in [0, 0.1) is 0 Å². The Kier molecular flexibility index (Phi) is 3.62. The lowest BCUT2D eigenvalue weighted by molar-refractivity contribution is -0.121. The second kappa shape index (κ2) is 5.39. The van der Waals surface area contributed by atoms with Crippen molar-refractivity contribution >= 4 is 29.0 Å². The van der Waals surface area contributed by atoms with Crippen molar-refractivity contribution in [3.8, 4) is 0 Å². The summed E-state index contributed by atoms with van der Waals surface area (Å²) in [5.74, 6) is 0.141. The summed E-state index contributed by atoms with van der Waals surface area (Å²) < 4.78 is 0. The first-order chi connectivity index (χ1) is 9.24. The van der Waals surface area contributed by atoms with Gasteiger partial charge in [-0.1, -0.05) is 24.3 Å². The van der Waals surface area contributed by atoms with Crippen LogP contribution in [0.15, 0.2) is 46.7 Å². The molecule has 1 amide bonds. The van der Waals surface area contributed by atoms with Crippen LogP contribution in [-0.4, -0.2) is 11.2 Å². The largest absolute Gasteiger partial charge is 0.348 e. The molecule has 2 atom stereocenters. The number of thiophene rings is 1. The fourth-order valence-electron chi connectivity index (χ4n) is 2.24. The van der Waals surface area contributed by atoms with Crippen molar-refractivity contribution in [3.05, 3.63) is 52.2 Å². The van der Waals surface area contributed by atoms with Gasteiger partial charge in [0.2, 0.25) is 5.91 Å². The van der Waals surface area contributed by atoms with Gasteiger partial charge in [-0.05, 0) is 36.4 Å². The van der Waals surface area contributed by atoms with Crippen molar-refractivity contribution in [2.24, 2.45) is 0 Å². The molecular formula is C15H15NOS2. The van der Waals surface area contributed by atoms with E-state index in [0.717, 1.165) is 6.42 Å². The minimum absolute atomic E-state index is 0.0137. The maximum atomic E-state index is 12.3. The van der Waals surface area contributed by atoms with Crippen LogP contribution in [0.3, 0.4) is 0 Å². The van der Waals surface area contributed by atoms with Crippen LogP contribution < -0.4 is 5.32 Å². The number of fused-ring (bicyclic) bond motifs is 1. The second-order valence-corrected chi connectivity index (χ2v) is 6.89. The Morgan fingerprint density at radius 3 is 2.89 bits per heavy atom. The molecule has 0 saturated heterocycles. The standard InChI is InChI=1S/C15H15NOS2/c1-10(12-7-4-8-18-12)16-15(17)14-9-11-5-2-3-6-13(11)19-14/h2-8,10,14H,9H2,1H3,(H,16,17)/t10-,14+/m1/s1. The topological polar surface area (TPSA) is 29.1 Å². The SMILES string of the molecule is C[C@@H](NC(=O)[C@@H]1Cc2ccccc2S1)c1cccs1. The van der Waals surface area contributed by atoms with Crippen LogP contribution in [0.4, 0.5) is 0 Å². The molecule has 1 N–H and O–H groups in total. The molecule has 0 radical (unpaired) electrons. The average molecular weight is 289 g/mol. The van der Waals surface area contributed by atoms with E-state index in [2.05, 4.69) is 23.5 Å². The number of hydrogen-bond acceptors (Lipinski definition) is 3. The van der Waals surface area contributed by atoms with E-state index in [1.165, 1.54) is 15.3 Å². The number of carbonyl (C=O) groups excluding carboxylic acids is 1. The minimum atomic E-state index is 0.0137. The van der Waals surface area contributed by atoms with Crippen molar-refractivity contribution in [2.75, 3.05) is 0 Å². The summed E-state index contributed by atoms with van der Waals surface area (Å²) in [7, 11) is 0. The summed E-state index contributed by atoms with van der Waals surface area (Å²) in [6, 6.07) is 12.4. The van der Waals surface area contributed by atoms with Crippen LogP contribution in [0.1, 0.15) is 23.4 Å². The van der Waals surface area contributed by atoms with Gasteiger partial charge in [-0.15, -0.1) is 23.1 Å². The Balaban J connectivity index is 1.64. The van der Waals surface area contributed by atoms with Gasteiger partial charge in [0.1, 0.15) is 0 Å². The van der Waals surface area contributed by atoms with E-state index in [9.17, 15) is 4.79 Å². The van der Waals surface area contributed by atoms with Crippen molar-refractivity contribution in [3.63, 3.8) is 0 Å². The second-order valence-electron chi connectivity index (χ2n) is 4.66. The monoisotopic (exact) mass is 289 g/mol. The lowest BCUT2D eigenvalue weighted by atomic mass is 10.1. The Morgan fingerprint density at radius 1 is 1.32 bits per heavy atom. The number of nitrogens with one attached hydrogen (secondary N) is 1. The molecule has 0 bridgehead atoms. The molecule has 4 heteroatoms. The zero-order chi connectivity index (χ0) is 13.2. The molecule has 2 aromatic rings. The number of carbonyl (C=O) groups is 1. The highest BCUT2D eigenvalue weighted by atomic mass is 32.2. The maximum absolute atomic E-state index is 12.3. The summed E-state index contributed by atoms with van der Waals surface area (Å²) in [6.45, 7) is 2.04. The molecule has 1 aliphatic rings. The molecule has 0 fully saturated rings. The highest BCUT2D eigenvalue weighted by Crippen LogP contribution is 2.37. The predicted octanol–water partition coefficient (Wildman–Crippen LogP) is 3.64. The molecule has 2 heterocycles. The van der Waals surface area contributed by atoms with Gasteiger partial charge in [-0.2, -0.15) is 0 Å². The van der Waals surface area contributed by atoms with Gasteiger partial charge in [0, 0.05) is 9.77 Å². The molecular weight excluding hydrogens is 274 g/mol. The molecule has 98 valence electrons. The Hall–Kier alpha value is -1.26. The van der Waals surface area contributed by atoms with Crippen molar-refractivity contribution in [1.82, 2.24) is 5.32 Å². The summed E-state index contributed by atoms with van der Waals surface area (Å²) in [6.07, 6.45) is 0.837. The van der Waals surface area contributed by atoms with Crippen molar-refractivity contribution < 1.29 is 4.79 Å².